The molecule has 1 saturated heterocycles. The first-order valence-electron chi connectivity index (χ1n) is 9.52. The second-order valence-corrected chi connectivity index (χ2v) is 6.93. The molecule has 1 aliphatic heterocycles. The molecule has 1 fully saturated rings. The molecule has 0 unspecified atom stereocenters. The summed E-state index contributed by atoms with van der Waals surface area (Å²) in [5, 5.41) is 14.9. The van der Waals surface area contributed by atoms with Crippen LogP contribution in [0.5, 0.6) is 5.75 Å². The van der Waals surface area contributed by atoms with Gasteiger partial charge in [0.2, 0.25) is 0 Å². The predicted octanol–water partition coefficient (Wildman–Crippen LogP) is 1.85. The summed E-state index contributed by atoms with van der Waals surface area (Å²) in [5.74, 6) is 0.984. The number of benzene rings is 2. The molecular weight excluding hydrogens is 352 g/mol. The Morgan fingerprint density at radius 1 is 0.821 bits per heavy atom. The van der Waals surface area contributed by atoms with Crippen LogP contribution in [-0.4, -0.2) is 55.9 Å². The van der Waals surface area contributed by atoms with Crippen molar-refractivity contribution in [1.82, 2.24) is 4.90 Å². The lowest BCUT2D eigenvalue weighted by molar-refractivity contribution is 0.225. The first-order chi connectivity index (χ1) is 13.5. The number of hydrogen-bond acceptors (Lipinski definition) is 5. The fourth-order valence-electron chi connectivity index (χ4n) is 3.29. The van der Waals surface area contributed by atoms with Gasteiger partial charge in [-0.2, -0.15) is 0 Å². The maximum atomic E-state index is 7.47. The number of ether oxygens (including phenoxy) is 1. The number of nitrogens with one attached hydrogen (secondary N) is 2. The van der Waals surface area contributed by atoms with Gasteiger partial charge in [-0.25, -0.2) is 0 Å². The van der Waals surface area contributed by atoms with Crippen LogP contribution in [0.1, 0.15) is 17.5 Å². The second-order valence-electron chi connectivity index (χ2n) is 6.93. The SMILES string of the molecule is N=C(N)c1ccc(OCCCN2CCN(c3ccc(C(=N)N)cc3)CC2)cc1. The summed E-state index contributed by atoms with van der Waals surface area (Å²) in [4.78, 5) is 4.83. The third-order valence-electron chi connectivity index (χ3n) is 4.97. The van der Waals surface area contributed by atoms with Crippen molar-refractivity contribution in [3.05, 3.63) is 59.7 Å². The van der Waals surface area contributed by atoms with E-state index < -0.39 is 0 Å². The quantitative estimate of drug-likeness (QED) is 0.317. The van der Waals surface area contributed by atoms with Gasteiger partial charge in [-0.1, -0.05) is 0 Å². The van der Waals surface area contributed by atoms with Gasteiger partial charge in [-0.3, -0.25) is 15.7 Å². The number of nitrogens with two attached hydrogens (primary N) is 2. The predicted molar refractivity (Wildman–Crippen MR) is 114 cm³/mol. The molecule has 3 rings (SSSR count). The van der Waals surface area contributed by atoms with Crippen LogP contribution in [0.4, 0.5) is 5.69 Å². The zero-order valence-corrected chi connectivity index (χ0v) is 16.0. The average Bonchev–Trinajstić information content (AvgIpc) is 2.72. The maximum absolute atomic E-state index is 7.47. The van der Waals surface area contributed by atoms with E-state index in [1.165, 1.54) is 5.69 Å². The maximum Gasteiger partial charge on any atom is 0.122 e. The Morgan fingerprint density at radius 2 is 1.36 bits per heavy atom. The normalized spacial score (nSPS) is 14.6. The third kappa shape index (κ3) is 5.23. The van der Waals surface area contributed by atoms with Crippen LogP contribution in [-0.2, 0) is 0 Å². The Kier molecular flexibility index (Phi) is 6.49. The van der Waals surface area contributed by atoms with Gasteiger partial charge in [0.25, 0.3) is 0 Å². The zero-order chi connectivity index (χ0) is 19.9. The van der Waals surface area contributed by atoms with E-state index in [0.717, 1.165) is 50.5 Å². The number of nitrogens with zero attached hydrogens (tertiary/aromatic N) is 2. The highest BCUT2D eigenvalue weighted by atomic mass is 16.5. The minimum Gasteiger partial charge on any atom is -0.494 e. The molecular formula is C21H28N6O. The minimum atomic E-state index is 0.0699. The van der Waals surface area contributed by atoms with E-state index in [1.807, 2.05) is 36.4 Å². The monoisotopic (exact) mass is 380 g/mol. The van der Waals surface area contributed by atoms with E-state index >= 15 is 0 Å². The van der Waals surface area contributed by atoms with Gasteiger partial charge in [-0.15, -0.1) is 0 Å². The Bertz CT molecular complexity index is 795. The van der Waals surface area contributed by atoms with Crippen molar-refractivity contribution in [3.63, 3.8) is 0 Å². The Balaban J connectivity index is 1.36. The topological polar surface area (TPSA) is 115 Å². The molecule has 0 spiro atoms. The zero-order valence-electron chi connectivity index (χ0n) is 16.0. The lowest BCUT2D eigenvalue weighted by Crippen LogP contribution is -2.46. The van der Waals surface area contributed by atoms with Gasteiger partial charge >= 0.3 is 0 Å². The van der Waals surface area contributed by atoms with E-state index in [9.17, 15) is 0 Å². The van der Waals surface area contributed by atoms with Crippen LogP contribution >= 0.6 is 0 Å². The first-order valence-corrected chi connectivity index (χ1v) is 9.52. The summed E-state index contributed by atoms with van der Waals surface area (Å²) < 4.78 is 5.78. The molecule has 1 aliphatic rings. The first kappa shape index (κ1) is 19.7. The number of rotatable bonds is 8. The van der Waals surface area contributed by atoms with E-state index in [1.54, 1.807) is 12.1 Å². The molecule has 28 heavy (non-hydrogen) atoms. The fraction of sp³-hybridized carbons (Fsp3) is 0.333. The van der Waals surface area contributed by atoms with Gasteiger partial charge in [0, 0.05) is 49.5 Å². The lowest BCUT2D eigenvalue weighted by Gasteiger charge is -2.36. The summed E-state index contributed by atoms with van der Waals surface area (Å²) in [6.45, 7) is 5.73. The summed E-state index contributed by atoms with van der Waals surface area (Å²) in [6, 6.07) is 15.2. The van der Waals surface area contributed by atoms with Crippen LogP contribution in [0, 0.1) is 10.8 Å². The van der Waals surface area contributed by atoms with Crippen LogP contribution in [0.25, 0.3) is 0 Å². The number of hydrogen-bond donors (Lipinski definition) is 4. The van der Waals surface area contributed by atoms with Crippen LogP contribution in [0.3, 0.4) is 0 Å². The molecule has 0 radical (unpaired) electrons. The van der Waals surface area contributed by atoms with Gasteiger partial charge in [0.15, 0.2) is 0 Å². The third-order valence-corrected chi connectivity index (χ3v) is 4.97. The molecule has 2 aromatic rings. The van der Waals surface area contributed by atoms with Crippen LogP contribution in [0.2, 0.25) is 0 Å². The molecule has 0 aromatic heterocycles. The molecule has 6 N–H and O–H groups in total. The molecule has 0 amide bonds. The highest BCUT2D eigenvalue weighted by molar-refractivity contribution is 5.95. The summed E-state index contributed by atoms with van der Waals surface area (Å²) >= 11 is 0. The van der Waals surface area contributed by atoms with E-state index in [-0.39, 0.29) is 11.7 Å². The van der Waals surface area contributed by atoms with Crippen molar-refractivity contribution in [2.75, 3.05) is 44.2 Å². The van der Waals surface area contributed by atoms with E-state index in [0.29, 0.717) is 12.2 Å². The molecule has 1 heterocycles. The Hall–Kier alpha value is -3.06. The molecule has 0 atom stereocenters. The standard InChI is InChI=1S/C21H28N6O/c22-20(23)16-2-6-18(7-3-16)27-13-11-26(12-14-27)10-1-15-28-19-8-4-17(5-9-19)21(24)25/h2-9H,1,10-15H2,(H3,22,23)(H3,24,25). The lowest BCUT2D eigenvalue weighted by atomic mass is 10.1. The summed E-state index contributed by atoms with van der Waals surface area (Å²) in [6.07, 6.45) is 0.974. The molecule has 7 nitrogen and oxygen atoms in total. The molecule has 2 aromatic carbocycles. The van der Waals surface area contributed by atoms with Crippen molar-refractivity contribution < 1.29 is 4.74 Å². The Morgan fingerprint density at radius 3 is 1.89 bits per heavy atom. The van der Waals surface area contributed by atoms with Crippen molar-refractivity contribution >= 4 is 17.4 Å². The van der Waals surface area contributed by atoms with Crippen molar-refractivity contribution in [2.45, 2.75) is 6.42 Å². The number of anilines is 1. The van der Waals surface area contributed by atoms with Gasteiger partial charge in [0.05, 0.1) is 6.61 Å². The van der Waals surface area contributed by atoms with Crippen molar-refractivity contribution in [3.8, 4) is 5.75 Å². The van der Waals surface area contributed by atoms with Gasteiger partial charge in [0.1, 0.15) is 17.4 Å². The molecule has 7 heteroatoms. The number of nitrogen functional groups attached to an aromatic ring is 2. The number of piperazine rings is 1. The number of amidine groups is 2. The fourth-order valence-corrected chi connectivity index (χ4v) is 3.29. The minimum absolute atomic E-state index is 0.0699. The summed E-state index contributed by atoms with van der Waals surface area (Å²) in [5.41, 5.74) is 13.6. The van der Waals surface area contributed by atoms with E-state index in [2.05, 4.69) is 9.80 Å². The molecule has 0 aliphatic carbocycles. The Labute approximate surface area is 165 Å². The summed E-state index contributed by atoms with van der Waals surface area (Å²) in [7, 11) is 0. The largest absolute Gasteiger partial charge is 0.494 e. The van der Waals surface area contributed by atoms with Crippen LogP contribution < -0.4 is 21.1 Å². The molecule has 0 bridgehead atoms. The smallest absolute Gasteiger partial charge is 0.122 e. The highest BCUT2D eigenvalue weighted by Gasteiger charge is 2.16. The van der Waals surface area contributed by atoms with E-state index in [4.69, 9.17) is 27.0 Å². The van der Waals surface area contributed by atoms with Crippen molar-refractivity contribution in [1.29, 1.82) is 10.8 Å². The average molecular weight is 380 g/mol. The second kappa shape index (κ2) is 9.23. The molecule has 0 saturated carbocycles. The van der Waals surface area contributed by atoms with Crippen LogP contribution in [0.15, 0.2) is 48.5 Å². The van der Waals surface area contributed by atoms with Gasteiger partial charge < -0.3 is 21.1 Å². The van der Waals surface area contributed by atoms with Crippen molar-refractivity contribution in [2.24, 2.45) is 11.5 Å². The van der Waals surface area contributed by atoms with Gasteiger partial charge in [-0.05, 0) is 55.0 Å². The molecule has 148 valence electrons. The highest BCUT2D eigenvalue weighted by Crippen LogP contribution is 2.17.